The average molecular weight is 336 g/mol. The molecule has 0 fully saturated rings. The molecule has 0 aromatic heterocycles. The molecule has 2 N–H and O–H groups in total. The fourth-order valence-electron chi connectivity index (χ4n) is 1.30. The van der Waals surface area contributed by atoms with Gasteiger partial charge in [-0.2, -0.15) is 13.2 Å². The number of phenolic OH excluding ortho intramolecular Hbond substituents is 1. The van der Waals surface area contributed by atoms with Crippen molar-refractivity contribution in [1.82, 2.24) is 0 Å². The number of hydrogen-bond donors (Lipinski definition) is 2. The molecule has 0 unspecified atom stereocenters. The second-order valence-corrected chi connectivity index (χ2v) is 6.17. The van der Waals surface area contributed by atoms with E-state index in [1.165, 1.54) is 0 Å². The van der Waals surface area contributed by atoms with E-state index in [4.69, 9.17) is 11.6 Å². The number of anilines is 1. The van der Waals surface area contributed by atoms with Crippen molar-refractivity contribution >= 4 is 27.3 Å². The first kappa shape index (κ1) is 16.8. The standard InChI is InChI=1S/C10H10ClF4NO3S/c11-6-4-8(9(17)5-7(6)12)16-20(18,19)3-1-2-10(13,14)15/h4-5,16-17H,1-3H2. The second-order valence-electron chi connectivity index (χ2n) is 3.92. The van der Waals surface area contributed by atoms with Crippen LogP contribution in [0.4, 0.5) is 23.2 Å². The third kappa shape index (κ3) is 5.41. The van der Waals surface area contributed by atoms with Gasteiger partial charge in [-0.3, -0.25) is 4.72 Å². The van der Waals surface area contributed by atoms with Crippen LogP contribution in [0.25, 0.3) is 0 Å². The van der Waals surface area contributed by atoms with Crippen LogP contribution >= 0.6 is 11.6 Å². The lowest BCUT2D eigenvalue weighted by atomic mass is 10.3. The van der Waals surface area contributed by atoms with Crippen LogP contribution in [0.5, 0.6) is 5.75 Å². The molecule has 0 saturated heterocycles. The Kier molecular flexibility index (Phi) is 5.09. The highest BCUT2D eigenvalue weighted by molar-refractivity contribution is 7.92. The van der Waals surface area contributed by atoms with Gasteiger partial charge in [0.05, 0.1) is 16.5 Å². The van der Waals surface area contributed by atoms with E-state index in [1.807, 2.05) is 4.72 Å². The van der Waals surface area contributed by atoms with Gasteiger partial charge in [-0.1, -0.05) is 11.6 Å². The van der Waals surface area contributed by atoms with E-state index in [0.717, 1.165) is 6.07 Å². The highest BCUT2D eigenvalue weighted by atomic mass is 35.5. The summed E-state index contributed by atoms with van der Waals surface area (Å²) in [5, 5.41) is 8.89. The molecule has 0 spiro atoms. The molecule has 0 radical (unpaired) electrons. The molecule has 0 aliphatic carbocycles. The molecule has 0 bridgehead atoms. The molecule has 1 aromatic rings. The summed E-state index contributed by atoms with van der Waals surface area (Å²) in [5.41, 5.74) is -0.400. The normalized spacial score (nSPS) is 12.4. The lowest BCUT2D eigenvalue weighted by molar-refractivity contribution is -0.134. The summed E-state index contributed by atoms with van der Waals surface area (Å²) in [5.74, 6) is -2.46. The number of hydrogen-bond acceptors (Lipinski definition) is 3. The lowest BCUT2D eigenvalue weighted by Crippen LogP contribution is -2.19. The average Bonchev–Trinajstić information content (AvgIpc) is 2.23. The van der Waals surface area contributed by atoms with Crippen LogP contribution < -0.4 is 4.72 Å². The predicted octanol–water partition coefficient (Wildman–Crippen LogP) is 3.27. The molecular weight excluding hydrogens is 326 g/mol. The Morgan fingerprint density at radius 2 is 1.90 bits per heavy atom. The SMILES string of the molecule is O=S(=O)(CCCC(F)(F)F)Nc1cc(Cl)c(F)cc1O. The van der Waals surface area contributed by atoms with Gasteiger partial charge in [-0.25, -0.2) is 12.8 Å². The van der Waals surface area contributed by atoms with E-state index in [1.54, 1.807) is 0 Å². The van der Waals surface area contributed by atoms with Gasteiger partial charge >= 0.3 is 6.18 Å². The lowest BCUT2D eigenvalue weighted by Gasteiger charge is -2.11. The minimum atomic E-state index is -4.45. The van der Waals surface area contributed by atoms with E-state index in [2.05, 4.69) is 0 Å². The van der Waals surface area contributed by atoms with Gasteiger partial charge < -0.3 is 5.11 Å². The molecule has 0 atom stereocenters. The number of benzene rings is 1. The molecule has 0 amide bonds. The van der Waals surface area contributed by atoms with Crippen LogP contribution in [0.2, 0.25) is 5.02 Å². The topological polar surface area (TPSA) is 66.4 Å². The summed E-state index contributed by atoms with van der Waals surface area (Å²) in [4.78, 5) is 0. The first-order valence-corrected chi connectivity index (χ1v) is 7.28. The maximum Gasteiger partial charge on any atom is 0.389 e. The molecule has 0 aliphatic rings. The molecule has 4 nitrogen and oxygen atoms in total. The Hall–Kier alpha value is -1.22. The van der Waals surface area contributed by atoms with Gasteiger partial charge in [0.25, 0.3) is 0 Å². The monoisotopic (exact) mass is 335 g/mol. The van der Waals surface area contributed by atoms with Gasteiger partial charge in [0, 0.05) is 12.5 Å². The molecular formula is C10H10ClF4NO3S. The minimum Gasteiger partial charge on any atom is -0.506 e. The first-order valence-electron chi connectivity index (χ1n) is 5.25. The number of halogens is 5. The Balaban J connectivity index is 2.74. The number of rotatable bonds is 5. The fourth-order valence-corrected chi connectivity index (χ4v) is 2.59. The zero-order valence-electron chi connectivity index (χ0n) is 9.84. The van der Waals surface area contributed by atoms with Crippen molar-refractivity contribution in [3.8, 4) is 5.75 Å². The van der Waals surface area contributed by atoms with E-state index in [9.17, 15) is 31.1 Å². The second kappa shape index (κ2) is 6.04. The minimum absolute atomic E-state index is 0.400. The van der Waals surface area contributed by atoms with Gasteiger partial charge in [-0.05, 0) is 12.5 Å². The van der Waals surface area contributed by atoms with Crippen LogP contribution in [0.15, 0.2) is 12.1 Å². The van der Waals surface area contributed by atoms with Crippen molar-refractivity contribution in [3.63, 3.8) is 0 Å². The summed E-state index contributed by atoms with van der Waals surface area (Å²) < 4.78 is 73.5. The zero-order valence-corrected chi connectivity index (χ0v) is 11.4. The summed E-state index contributed by atoms with van der Waals surface area (Å²) in [7, 11) is -4.10. The molecule has 0 aliphatic heterocycles. The molecule has 0 heterocycles. The van der Waals surface area contributed by atoms with Crippen LogP contribution in [0.3, 0.4) is 0 Å². The summed E-state index contributed by atoms with van der Waals surface area (Å²) in [6.45, 7) is 0. The van der Waals surface area contributed by atoms with Crippen LogP contribution in [-0.2, 0) is 10.0 Å². The number of sulfonamides is 1. The van der Waals surface area contributed by atoms with Gasteiger partial charge in [0.2, 0.25) is 10.0 Å². The van der Waals surface area contributed by atoms with E-state index < -0.39 is 57.1 Å². The van der Waals surface area contributed by atoms with Crippen molar-refractivity contribution in [2.75, 3.05) is 10.5 Å². The summed E-state index contributed by atoms with van der Waals surface area (Å²) in [6, 6.07) is 1.42. The number of nitrogens with one attached hydrogen (secondary N) is 1. The number of aromatic hydroxyl groups is 1. The molecule has 1 rings (SSSR count). The van der Waals surface area contributed by atoms with E-state index >= 15 is 0 Å². The summed E-state index contributed by atoms with van der Waals surface area (Å²) in [6.07, 6.45) is -6.32. The van der Waals surface area contributed by atoms with Crippen molar-refractivity contribution in [1.29, 1.82) is 0 Å². The van der Waals surface area contributed by atoms with Gasteiger partial charge in [0.1, 0.15) is 11.6 Å². The van der Waals surface area contributed by atoms with E-state index in [-0.39, 0.29) is 0 Å². The fraction of sp³-hybridized carbons (Fsp3) is 0.400. The molecule has 20 heavy (non-hydrogen) atoms. The summed E-state index contributed by atoms with van der Waals surface area (Å²) >= 11 is 5.41. The molecule has 10 heteroatoms. The third-order valence-electron chi connectivity index (χ3n) is 2.18. The number of phenols is 1. The maximum atomic E-state index is 12.9. The number of alkyl halides is 3. The Morgan fingerprint density at radius 3 is 2.45 bits per heavy atom. The van der Waals surface area contributed by atoms with Crippen LogP contribution in [-0.4, -0.2) is 25.5 Å². The highest BCUT2D eigenvalue weighted by Gasteiger charge is 2.27. The van der Waals surface area contributed by atoms with E-state index in [0.29, 0.717) is 6.07 Å². The van der Waals surface area contributed by atoms with Crippen molar-refractivity contribution in [2.45, 2.75) is 19.0 Å². The quantitative estimate of drug-likeness (QED) is 0.641. The third-order valence-corrected chi connectivity index (χ3v) is 3.82. The Labute approximate surface area is 117 Å². The Bertz CT molecular complexity index is 589. The zero-order chi connectivity index (χ0) is 15.6. The Morgan fingerprint density at radius 1 is 1.30 bits per heavy atom. The predicted molar refractivity (Wildman–Crippen MR) is 65.8 cm³/mol. The largest absolute Gasteiger partial charge is 0.506 e. The van der Waals surface area contributed by atoms with Crippen molar-refractivity contribution in [3.05, 3.63) is 23.0 Å². The maximum absolute atomic E-state index is 12.9. The highest BCUT2D eigenvalue weighted by Crippen LogP contribution is 2.30. The smallest absolute Gasteiger partial charge is 0.389 e. The van der Waals surface area contributed by atoms with Gasteiger partial charge in [-0.15, -0.1) is 0 Å². The van der Waals surface area contributed by atoms with Crippen LogP contribution in [0.1, 0.15) is 12.8 Å². The molecule has 1 aromatic carbocycles. The van der Waals surface area contributed by atoms with Gasteiger partial charge in [0.15, 0.2) is 0 Å². The molecule has 0 saturated carbocycles. The first-order chi connectivity index (χ1) is 9.00. The van der Waals surface area contributed by atoms with Crippen molar-refractivity contribution in [2.24, 2.45) is 0 Å². The van der Waals surface area contributed by atoms with Crippen LogP contribution in [0, 0.1) is 5.82 Å². The molecule has 114 valence electrons. The van der Waals surface area contributed by atoms with Crippen molar-refractivity contribution < 1.29 is 31.1 Å².